The van der Waals surface area contributed by atoms with Crippen molar-refractivity contribution in [3.63, 3.8) is 0 Å². The third-order valence-corrected chi connectivity index (χ3v) is 3.56. The Labute approximate surface area is 154 Å². The van der Waals surface area contributed by atoms with E-state index < -0.39 is 28.6 Å². The summed E-state index contributed by atoms with van der Waals surface area (Å²) >= 11 is 3.26. The molecule has 1 aromatic carbocycles. The molecular formula is C16H21BrN2O6. The van der Waals surface area contributed by atoms with Crippen LogP contribution in [0.15, 0.2) is 22.7 Å². The minimum atomic E-state index is -0.713. The molecule has 8 nitrogen and oxygen atoms in total. The van der Waals surface area contributed by atoms with E-state index in [4.69, 9.17) is 4.74 Å². The average Bonchev–Trinajstić information content (AvgIpc) is 2.44. The number of carbonyl (C=O) groups excluding carboxylic acids is 2. The van der Waals surface area contributed by atoms with Gasteiger partial charge in [0, 0.05) is 28.6 Å². The van der Waals surface area contributed by atoms with Gasteiger partial charge in [-0.3, -0.25) is 14.9 Å². The molecule has 0 aromatic heterocycles. The smallest absolute Gasteiger partial charge is 0.407 e. The van der Waals surface area contributed by atoms with Crippen LogP contribution in [0.5, 0.6) is 0 Å². The lowest BCUT2D eigenvalue weighted by Gasteiger charge is -2.23. The molecule has 1 atom stereocenters. The van der Waals surface area contributed by atoms with Gasteiger partial charge in [-0.1, -0.05) is 15.9 Å². The van der Waals surface area contributed by atoms with E-state index in [1.165, 1.54) is 13.2 Å². The van der Waals surface area contributed by atoms with Gasteiger partial charge in [0.1, 0.15) is 5.60 Å². The fourth-order valence-electron chi connectivity index (χ4n) is 2.09. The molecule has 1 rings (SSSR count). The number of nitro benzene ring substituents is 1. The second-order valence-electron chi connectivity index (χ2n) is 6.36. The molecule has 138 valence electrons. The molecule has 0 aliphatic carbocycles. The predicted molar refractivity (Wildman–Crippen MR) is 94.3 cm³/mol. The number of hydrogen-bond donors (Lipinski definition) is 1. The Morgan fingerprint density at radius 1 is 1.36 bits per heavy atom. The van der Waals surface area contributed by atoms with Crippen LogP contribution < -0.4 is 5.32 Å². The van der Waals surface area contributed by atoms with Crippen molar-refractivity contribution >= 4 is 33.7 Å². The lowest BCUT2D eigenvalue weighted by molar-refractivity contribution is -0.385. The second kappa shape index (κ2) is 8.80. The van der Waals surface area contributed by atoms with Gasteiger partial charge in [0.05, 0.1) is 18.5 Å². The van der Waals surface area contributed by atoms with Crippen molar-refractivity contribution in [2.24, 2.45) is 0 Å². The molecule has 1 aromatic rings. The van der Waals surface area contributed by atoms with Crippen LogP contribution in [0.3, 0.4) is 0 Å². The highest BCUT2D eigenvalue weighted by atomic mass is 79.9. The van der Waals surface area contributed by atoms with Gasteiger partial charge in [0.2, 0.25) is 0 Å². The van der Waals surface area contributed by atoms with E-state index in [-0.39, 0.29) is 18.5 Å². The van der Waals surface area contributed by atoms with Crippen LogP contribution in [-0.4, -0.2) is 35.7 Å². The molecule has 0 radical (unpaired) electrons. The number of esters is 1. The number of methoxy groups -OCH3 is 1. The van der Waals surface area contributed by atoms with Crippen LogP contribution >= 0.6 is 15.9 Å². The zero-order chi connectivity index (χ0) is 19.2. The number of nitrogens with one attached hydrogen (secondary N) is 1. The second-order valence-corrected chi connectivity index (χ2v) is 7.27. The average molecular weight is 417 g/mol. The van der Waals surface area contributed by atoms with Gasteiger partial charge in [-0.25, -0.2) is 4.79 Å². The number of ether oxygens (including phenoxy) is 2. The monoisotopic (exact) mass is 416 g/mol. The van der Waals surface area contributed by atoms with Crippen molar-refractivity contribution in [1.82, 2.24) is 5.32 Å². The summed E-state index contributed by atoms with van der Waals surface area (Å²) in [7, 11) is 1.23. The van der Waals surface area contributed by atoms with Crippen molar-refractivity contribution in [2.75, 3.05) is 7.11 Å². The molecule has 0 saturated heterocycles. The van der Waals surface area contributed by atoms with Gasteiger partial charge < -0.3 is 14.8 Å². The van der Waals surface area contributed by atoms with Gasteiger partial charge in [0.25, 0.3) is 5.69 Å². The van der Waals surface area contributed by atoms with Crippen molar-refractivity contribution in [3.8, 4) is 0 Å². The fraction of sp³-hybridized carbons (Fsp3) is 0.500. The van der Waals surface area contributed by atoms with Crippen LogP contribution in [-0.2, 0) is 20.7 Å². The molecule has 9 heteroatoms. The van der Waals surface area contributed by atoms with Crippen molar-refractivity contribution in [3.05, 3.63) is 38.3 Å². The zero-order valence-corrected chi connectivity index (χ0v) is 16.1. The molecule has 0 heterocycles. The Morgan fingerprint density at radius 2 is 2.00 bits per heavy atom. The number of nitrogens with zero attached hydrogens (tertiary/aromatic N) is 1. The Morgan fingerprint density at radius 3 is 2.52 bits per heavy atom. The summed E-state index contributed by atoms with van der Waals surface area (Å²) in [4.78, 5) is 34.3. The first kappa shape index (κ1) is 20.9. The number of carbonyl (C=O) groups is 2. The molecule has 0 bridgehead atoms. The number of benzene rings is 1. The maximum atomic E-state index is 12.0. The lowest BCUT2D eigenvalue weighted by atomic mass is 10.0. The summed E-state index contributed by atoms with van der Waals surface area (Å²) in [6, 6.07) is 3.79. The highest BCUT2D eigenvalue weighted by molar-refractivity contribution is 9.10. The Bertz CT molecular complexity index is 657. The van der Waals surface area contributed by atoms with Crippen molar-refractivity contribution < 1.29 is 24.0 Å². The molecule has 1 N–H and O–H groups in total. The first-order valence-electron chi connectivity index (χ1n) is 7.51. The Kier molecular flexibility index (Phi) is 7.35. The van der Waals surface area contributed by atoms with Crippen molar-refractivity contribution in [2.45, 2.75) is 45.3 Å². The molecule has 0 spiro atoms. The maximum absolute atomic E-state index is 12.0. The number of nitro groups is 1. The summed E-state index contributed by atoms with van der Waals surface area (Å²) < 4.78 is 10.5. The highest BCUT2D eigenvalue weighted by Crippen LogP contribution is 2.25. The Balaban J connectivity index is 3.01. The first-order valence-corrected chi connectivity index (χ1v) is 8.30. The van der Waals surface area contributed by atoms with E-state index in [2.05, 4.69) is 26.0 Å². The topological polar surface area (TPSA) is 108 Å². The highest BCUT2D eigenvalue weighted by Gasteiger charge is 2.25. The van der Waals surface area contributed by atoms with Gasteiger partial charge in [-0.2, -0.15) is 0 Å². The van der Waals surface area contributed by atoms with Gasteiger partial charge in [-0.05, 0) is 32.9 Å². The van der Waals surface area contributed by atoms with Crippen LogP contribution in [0, 0.1) is 10.1 Å². The largest absolute Gasteiger partial charge is 0.469 e. The van der Waals surface area contributed by atoms with Gasteiger partial charge in [0.15, 0.2) is 0 Å². The zero-order valence-electron chi connectivity index (χ0n) is 14.5. The third-order valence-electron chi connectivity index (χ3n) is 3.07. The molecule has 0 aliphatic rings. The molecule has 1 amide bonds. The summed E-state index contributed by atoms with van der Waals surface area (Å²) in [6.07, 6.45) is -0.775. The molecule has 0 aliphatic heterocycles. The van der Waals surface area contributed by atoms with Gasteiger partial charge >= 0.3 is 12.1 Å². The lowest BCUT2D eigenvalue weighted by Crippen LogP contribution is -2.41. The van der Waals surface area contributed by atoms with E-state index in [1.807, 2.05) is 0 Å². The summed E-state index contributed by atoms with van der Waals surface area (Å²) in [5.74, 6) is -0.543. The van der Waals surface area contributed by atoms with Crippen LogP contribution in [0.1, 0.15) is 32.8 Å². The SMILES string of the molecule is COC(=O)CC(Cc1cc(Br)ccc1[N+](=O)[O-])NC(=O)OC(C)(C)C. The third kappa shape index (κ3) is 7.51. The van der Waals surface area contributed by atoms with E-state index in [0.29, 0.717) is 10.0 Å². The first-order chi connectivity index (χ1) is 11.5. The number of rotatable bonds is 6. The van der Waals surface area contributed by atoms with Crippen molar-refractivity contribution in [1.29, 1.82) is 0 Å². The summed E-state index contributed by atoms with van der Waals surface area (Å²) in [6.45, 7) is 5.13. The minimum Gasteiger partial charge on any atom is -0.469 e. The molecular weight excluding hydrogens is 396 g/mol. The quantitative estimate of drug-likeness (QED) is 0.432. The van der Waals surface area contributed by atoms with Crippen LogP contribution in [0.25, 0.3) is 0 Å². The van der Waals surface area contributed by atoms with Crippen LogP contribution in [0.4, 0.5) is 10.5 Å². The number of halogens is 1. The number of amides is 1. The standard InChI is InChI=1S/C16H21BrN2O6/c1-16(2,3)25-15(21)18-12(9-14(20)24-4)8-10-7-11(17)5-6-13(10)19(22)23/h5-7,12H,8-9H2,1-4H3,(H,18,21). The Hall–Kier alpha value is -2.16. The fourth-order valence-corrected chi connectivity index (χ4v) is 2.50. The van der Waals surface area contributed by atoms with Gasteiger partial charge in [-0.15, -0.1) is 0 Å². The molecule has 25 heavy (non-hydrogen) atoms. The van der Waals surface area contributed by atoms with Crippen LogP contribution in [0.2, 0.25) is 0 Å². The molecule has 0 fully saturated rings. The molecule has 1 unspecified atom stereocenters. The van der Waals surface area contributed by atoms with E-state index in [1.54, 1.807) is 32.9 Å². The summed E-state index contributed by atoms with van der Waals surface area (Å²) in [5, 5.41) is 13.8. The number of hydrogen-bond acceptors (Lipinski definition) is 6. The summed E-state index contributed by atoms with van der Waals surface area (Å²) in [5.41, 5.74) is -0.421. The normalized spacial score (nSPS) is 12.2. The van der Waals surface area contributed by atoms with E-state index in [0.717, 1.165) is 0 Å². The predicted octanol–water partition coefficient (Wildman–Crippen LogP) is 3.36. The van der Waals surface area contributed by atoms with E-state index >= 15 is 0 Å². The van der Waals surface area contributed by atoms with E-state index in [9.17, 15) is 19.7 Å². The maximum Gasteiger partial charge on any atom is 0.407 e. The minimum absolute atomic E-state index is 0.0735. The molecule has 0 saturated carbocycles. The number of alkyl carbamates (subject to hydrolysis) is 1.